The predicted octanol–water partition coefficient (Wildman–Crippen LogP) is 7.26. The van der Waals surface area contributed by atoms with Crippen LogP contribution < -0.4 is 10.6 Å². The molecule has 5 aromatic rings. The number of hydrogen-bond donors (Lipinski definition) is 3. The maximum Gasteiger partial charge on any atom is 0.266 e. The second kappa shape index (κ2) is 13.5. The molecule has 0 aliphatic rings. The number of anilines is 1. The molecule has 1 atom stereocenters. The lowest BCUT2D eigenvalue weighted by atomic mass is 9.84. The zero-order chi connectivity index (χ0) is 33.9. The molecule has 8 nitrogen and oxygen atoms in total. The van der Waals surface area contributed by atoms with Gasteiger partial charge in [-0.05, 0) is 64.9 Å². The lowest BCUT2D eigenvalue weighted by molar-refractivity contribution is -0.117. The molecule has 47 heavy (non-hydrogen) atoms. The van der Waals surface area contributed by atoms with Crippen LogP contribution in [0.1, 0.15) is 53.7 Å². The minimum absolute atomic E-state index is 0.0337. The second-order valence-electron chi connectivity index (χ2n) is 12.3. The summed E-state index contributed by atoms with van der Waals surface area (Å²) < 4.78 is 67.0. The van der Waals surface area contributed by atoms with E-state index in [0.717, 1.165) is 17.7 Å². The van der Waals surface area contributed by atoms with Gasteiger partial charge in [-0.15, -0.1) is 0 Å². The third kappa shape index (κ3) is 8.30. The molecule has 0 aliphatic carbocycles. The van der Waals surface area contributed by atoms with E-state index in [1.165, 1.54) is 12.1 Å². The zero-order valence-electron chi connectivity index (χ0n) is 26.0. The van der Waals surface area contributed by atoms with Crippen molar-refractivity contribution >= 4 is 38.6 Å². The Hall–Kier alpha value is -4.87. The maximum atomic E-state index is 15.3. The first kappa shape index (κ1) is 33.5. The van der Waals surface area contributed by atoms with Crippen molar-refractivity contribution < 1.29 is 35.8 Å². The summed E-state index contributed by atoms with van der Waals surface area (Å²) in [5.41, 5.74) is 2.69. The molecule has 0 fully saturated rings. The van der Waals surface area contributed by atoms with Gasteiger partial charge in [0, 0.05) is 23.2 Å². The van der Waals surface area contributed by atoms with Crippen LogP contribution in [0.15, 0.2) is 95.4 Å². The van der Waals surface area contributed by atoms with E-state index in [9.17, 15) is 18.0 Å². The lowest BCUT2D eigenvalue weighted by Gasteiger charge is -2.22. The number of hydrogen-bond acceptors (Lipinski definition) is 5. The van der Waals surface area contributed by atoms with Crippen LogP contribution >= 0.6 is 0 Å². The van der Waals surface area contributed by atoms with Crippen molar-refractivity contribution in [1.82, 2.24) is 5.32 Å². The van der Waals surface area contributed by atoms with Gasteiger partial charge in [-0.25, -0.2) is 8.78 Å². The van der Waals surface area contributed by atoms with Crippen LogP contribution in [-0.4, -0.2) is 37.1 Å². The van der Waals surface area contributed by atoms with E-state index >= 15 is 8.78 Å². The Labute approximate surface area is 271 Å². The van der Waals surface area contributed by atoms with Crippen LogP contribution in [-0.2, 0) is 26.7 Å². The smallest absolute Gasteiger partial charge is 0.266 e. The van der Waals surface area contributed by atoms with Crippen LogP contribution in [0.25, 0.3) is 22.3 Å². The first-order valence-electron chi connectivity index (χ1n) is 14.9. The summed E-state index contributed by atoms with van der Waals surface area (Å²) in [5.74, 6) is -4.14. The lowest BCUT2D eigenvalue weighted by Crippen LogP contribution is -2.28. The number of carbonyl (C=O) groups excluding carboxylic acids is 2. The molecule has 11 heteroatoms. The Morgan fingerprint density at radius 1 is 0.894 bits per heavy atom. The van der Waals surface area contributed by atoms with Gasteiger partial charge in [0.15, 0.2) is 0 Å². The van der Waals surface area contributed by atoms with Crippen molar-refractivity contribution in [1.29, 1.82) is 0 Å². The molecule has 3 N–H and O–H groups in total. The summed E-state index contributed by atoms with van der Waals surface area (Å²) in [5, 5.41) is 5.80. The van der Waals surface area contributed by atoms with Crippen LogP contribution in [0.5, 0.6) is 0 Å². The van der Waals surface area contributed by atoms with Crippen molar-refractivity contribution in [2.24, 2.45) is 0 Å². The number of benzene rings is 4. The average Bonchev–Trinajstić information content (AvgIpc) is 3.42. The van der Waals surface area contributed by atoms with E-state index in [2.05, 4.69) is 31.4 Å². The molecule has 0 spiro atoms. The van der Waals surface area contributed by atoms with Crippen molar-refractivity contribution in [3.8, 4) is 11.3 Å². The van der Waals surface area contributed by atoms with Gasteiger partial charge in [-0.2, -0.15) is 8.42 Å². The van der Waals surface area contributed by atoms with E-state index in [4.69, 9.17) is 8.97 Å². The van der Waals surface area contributed by atoms with E-state index < -0.39 is 45.2 Å². The number of furan rings is 1. The third-order valence-corrected chi connectivity index (χ3v) is 8.50. The molecule has 2 amide bonds. The Balaban J connectivity index is 1.38. The van der Waals surface area contributed by atoms with Crippen molar-refractivity contribution in [2.45, 2.75) is 38.5 Å². The summed E-state index contributed by atoms with van der Waals surface area (Å²) in [6, 6.07) is 24.7. The van der Waals surface area contributed by atoms with Crippen LogP contribution in [0.4, 0.5) is 14.5 Å². The van der Waals surface area contributed by atoms with Crippen molar-refractivity contribution in [3.63, 3.8) is 0 Å². The summed E-state index contributed by atoms with van der Waals surface area (Å²) in [4.78, 5) is 26.2. The molecular weight excluding hydrogens is 626 g/mol. The Morgan fingerprint density at radius 3 is 2.13 bits per heavy atom. The molecule has 0 saturated carbocycles. The number of amides is 2. The van der Waals surface area contributed by atoms with E-state index in [1.54, 1.807) is 42.5 Å². The number of halogens is 2. The molecule has 0 aliphatic heterocycles. The van der Waals surface area contributed by atoms with Gasteiger partial charge in [0.2, 0.25) is 5.91 Å². The number of carbonyl (C=O) groups is 2. The molecule has 0 radical (unpaired) electrons. The normalized spacial score (nSPS) is 12.6. The standard InChI is InChI=1S/C36H34F2N2O6S/c1-36(2,3)26-14-12-23(13-15-26)28(18-22-8-10-24(11-9-22)34(41)39-16-17-47(43,44)45)35(42)40-27-20-29(37)33(30(38)21-27)32-19-25-6-4-5-7-31(25)46-32/h4-15,19-21,28H,16-18H2,1-3H3,(H,39,41)(H,40,42)(H,43,44,45). The summed E-state index contributed by atoms with van der Waals surface area (Å²) >= 11 is 0. The van der Waals surface area contributed by atoms with E-state index in [-0.39, 0.29) is 41.0 Å². The van der Waals surface area contributed by atoms with Gasteiger partial charge in [0.1, 0.15) is 23.0 Å². The summed E-state index contributed by atoms with van der Waals surface area (Å²) in [7, 11) is -4.21. The fourth-order valence-corrected chi connectivity index (χ4v) is 5.58. The van der Waals surface area contributed by atoms with Crippen molar-refractivity contribution in [2.75, 3.05) is 17.6 Å². The topological polar surface area (TPSA) is 126 Å². The highest BCUT2D eigenvalue weighted by molar-refractivity contribution is 7.85. The Bertz CT molecular complexity index is 1980. The molecule has 0 bridgehead atoms. The van der Waals surface area contributed by atoms with Crippen LogP contribution in [0.3, 0.4) is 0 Å². The van der Waals surface area contributed by atoms with E-state index in [0.29, 0.717) is 22.1 Å². The second-order valence-corrected chi connectivity index (χ2v) is 13.9. The maximum absolute atomic E-state index is 15.3. The molecule has 1 unspecified atom stereocenters. The van der Waals surface area contributed by atoms with Gasteiger partial charge < -0.3 is 15.1 Å². The zero-order valence-corrected chi connectivity index (χ0v) is 26.8. The molecule has 244 valence electrons. The molecular formula is C36H34F2N2O6S. The molecule has 0 saturated heterocycles. The monoisotopic (exact) mass is 660 g/mol. The third-order valence-electron chi connectivity index (χ3n) is 7.78. The summed E-state index contributed by atoms with van der Waals surface area (Å²) in [6.45, 7) is 5.97. The van der Waals surface area contributed by atoms with Crippen LogP contribution in [0, 0.1) is 11.6 Å². The summed E-state index contributed by atoms with van der Waals surface area (Å²) in [6.07, 6.45) is 0.202. The van der Waals surface area contributed by atoms with E-state index in [1.807, 2.05) is 24.3 Å². The minimum atomic E-state index is -4.21. The average molecular weight is 661 g/mol. The highest BCUT2D eigenvalue weighted by Gasteiger charge is 2.25. The Morgan fingerprint density at radius 2 is 1.53 bits per heavy atom. The van der Waals surface area contributed by atoms with Gasteiger partial charge >= 0.3 is 0 Å². The molecule has 1 heterocycles. The highest BCUT2D eigenvalue weighted by Crippen LogP contribution is 2.34. The van der Waals surface area contributed by atoms with Gasteiger partial charge in [0.25, 0.3) is 16.0 Å². The molecule has 5 rings (SSSR count). The molecule has 1 aromatic heterocycles. The fraction of sp³-hybridized carbons (Fsp3) is 0.222. The SMILES string of the molecule is CC(C)(C)c1ccc(C(Cc2ccc(C(=O)NCCS(=O)(=O)O)cc2)C(=O)Nc2cc(F)c(-c3cc4ccccc4o3)c(F)c2)cc1. The Kier molecular flexibility index (Phi) is 9.60. The predicted molar refractivity (Wildman–Crippen MR) is 177 cm³/mol. The number of nitrogens with one attached hydrogen (secondary N) is 2. The number of para-hydroxylation sites is 1. The van der Waals surface area contributed by atoms with Crippen LogP contribution in [0.2, 0.25) is 0 Å². The first-order chi connectivity index (χ1) is 22.2. The highest BCUT2D eigenvalue weighted by atomic mass is 32.2. The first-order valence-corrected chi connectivity index (χ1v) is 16.5. The molecule has 4 aromatic carbocycles. The minimum Gasteiger partial charge on any atom is -0.456 e. The fourth-order valence-electron chi connectivity index (χ4n) is 5.22. The number of rotatable bonds is 10. The quantitative estimate of drug-likeness (QED) is 0.136. The van der Waals surface area contributed by atoms with Gasteiger partial charge in [0.05, 0.1) is 17.2 Å². The van der Waals surface area contributed by atoms with Crippen molar-refractivity contribution in [3.05, 3.63) is 125 Å². The van der Waals surface area contributed by atoms with Gasteiger partial charge in [-0.1, -0.05) is 75.4 Å². The number of fused-ring (bicyclic) bond motifs is 1. The largest absolute Gasteiger partial charge is 0.456 e. The van der Waals surface area contributed by atoms with Gasteiger partial charge in [-0.3, -0.25) is 14.1 Å².